The van der Waals surface area contributed by atoms with E-state index < -0.39 is 0 Å². The van der Waals surface area contributed by atoms with Gasteiger partial charge in [-0.2, -0.15) is 0 Å². The Morgan fingerprint density at radius 1 is 0.593 bits per heavy atom. The quantitative estimate of drug-likeness (QED) is 0.759. The highest BCUT2D eigenvalue weighted by atomic mass is 16.5. The van der Waals surface area contributed by atoms with Gasteiger partial charge in [0, 0.05) is 39.3 Å². The number of nitrogens with zero attached hydrogens (tertiary/aromatic N) is 2. The zero-order valence-electron chi connectivity index (χ0n) is 16.3. The second kappa shape index (κ2) is 9.50. The van der Waals surface area contributed by atoms with Gasteiger partial charge in [-0.3, -0.25) is 9.80 Å². The van der Waals surface area contributed by atoms with Gasteiger partial charge in [0.15, 0.2) is 0 Å². The highest BCUT2D eigenvalue weighted by molar-refractivity contribution is 5.15. The van der Waals surface area contributed by atoms with Crippen LogP contribution in [0, 0.1) is 0 Å². The van der Waals surface area contributed by atoms with Gasteiger partial charge in [-0.05, 0) is 36.8 Å². The monoisotopic (exact) mass is 364 g/mol. The van der Waals surface area contributed by atoms with Gasteiger partial charge in [-0.1, -0.05) is 60.7 Å². The van der Waals surface area contributed by atoms with Crippen molar-refractivity contribution < 1.29 is 4.74 Å². The van der Waals surface area contributed by atoms with E-state index in [2.05, 4.69) is 70.5 Å². The average Bonchev–Trinajstić information content (AvgIpc) is 2.73. The van der Waals surface area contributed by atoms with Gasteiger partial charge in [0.25, 0.3) is 0 Å². The Morgan fingerprint density at radius 2 is 0.963 bits per heavy atom. The number of piperidine rings is 2. The molecule has 2 aliphatic rings. The molecule has 2 fully saturated rings. The Labute approximate surface area is 163 Å². The van der Waals surface area contributed by atoms with E-state index in [0.29, 0.717) is 12.2 Å². The zero-order chi connectivity index (χ0) is 18.3. The largest absolute Gasteiger partial charge is 0.375 e. The average molecular weight is 365 g/mol. The minimum absolute atomic E-state index is 0.461. The fraction of sp³-hybridized carbons (Fsp3) is 0.500. The molecule has 0 atom stereocenters. The predicted octanol–water partition coefficient (Wildman–Crippen LogP) is 4.33. The lowest BCUT2D eigenvalue weighted by Gasteiger charge is -2.37. The molecule has 0 saturated carbocycles. The molecule has 144 valence electrons. The smallest absolute Gasteiger partial charge is 0.0603 e. The molecule has 4 rings (SSSR count). The van der Waals surface area contributed by atoms with Crippen molar-refractivity contribution in [2.45, 2.75) is 51.0 Å². The van der Waals surface area contributed by atoms with E-state index in [1.54, 1.807) is 0 Å². The van der Waals surface area contributed by atoms with Crippen molar-refractivity contribution in [1.29, 1.82) is 0 Å². The molecule has 0 N–H and O–H groups in total. The molecule has 0 amide bonds. The lowest BCUT2D eigenvalue weighted by Crippen LogP contribution is -2.41. The molecule has 2 aromatic rings. The Hall–Kier alpha value is -1.68. The van der Waals surface area contributed by atoms with E-state index in [1.165, 1.54) is 36.8 Å². The third-order valence-electron chi connectivity index (χ3n) is 5.95. The van der Waals surface area contributed by atoms with Crippen molar-refractivity contribution in [3.05, 3.63) is 71.8 Å². The van der Waals surface area contributed by atoms with Gasteiger partial charge >= 0.3 is 0 Å². The van der Waals surface area contributed by atoms with Crippen molar-refractivity contribution in [1.82, 2.24) is 9.80 Å². The van der Waals surface area contributed by atoms with Crippen LogP contribution in [0.3, 0.4) is 0 Å². The van der Waals surface area contributed by atoms with Gasteiger partial charge < -0.3 is 4.74 Å². The van der Waals surface area contributed by atoms with Gasteiger partial charge in [-0.25, -0.2) is 0 Å². The number of ether oxygens (including phenoxy) is 1. The van der Waals surface area contributed by atoms with Crippen LogP contribution >= 0.6 is 0 Å². The SMILES string of the molecule is c1ccc(CN2CCC(OC3CCN(Cc4ccccc4)CC3)CC2)cc1. The molecular weight excluding hydrogens is 332 g/mol. The maximum absolute atomic E-state index is 6.48. The summed E-state index contributed by atoms with van der Waals surface area (Å²) in [5.74, 6) is 0. The molecule has 2 aliphatic heterocycles. The Bertz CT molecular complexity index is 600. The number of benzene rings is 2. The maximum Gasteiger partial charge on any atom is 0.0603 e. The molecule has 2 saturated heterocycles. The minimum atomic E-state index is 0.461. The lowest BCUT2D eigenvalue weighted by atomic mass is 10.0. The lowest BCUT2D eigenvalue weighted by molar-refractivity contribution is -0.0664. The minimum Gasteiger partial charge on any atom is -0.375 e. The fourth-order valence-electron chi connectivity index (χ4n) is 4.36. The van der Waals surface area contributed by atoms with Gasteiger partial charge in [-0.15, -0.1) is 0 Å². The second-order valence-electron chi connectivity index (χ2n) is 8.06. The van der Waals surface area contributed by atoms with Crippen LogP contribution in [0.1, 0.15) is 36.8 Å². The standard InChI is InChI=1S/C24H32N2O/c1-3-7-21(8-4-1)19-25-15-11-23(12-16-25)27-24-13-17-26(18-14-24)20-22-9-5-2-6-10-22/h1-10,23-24H,11-20H2. The molecule has 2 aromatic carbocycles. The summed E-state index contributed by atoms with van der Waals surface area (Å²) in [7, 11) is 0. The number of likely N-dealkylation sites (tertiary alicyclic amines) is 2. The first-order valence-electron chi connectivity index (χ1n) is 10.5. The molecule has 0 aromatic heterocycles. The van der Waals surface area contributed by atoms with E-state index in [-0.39, 0.29) is 0 Å². The van der Waals surface area contributed by atoms with Crippen LogP contribution in [0.15, 0.2) is 60.7 Å². The second-order valence-corrected chi connectivity index (χ2v) is 8.06. The third-order valence-corrected chi connectivity index (χ3v) is 5.95. The Kier molecular flexibility index (Phi) is 6.57. The molecule has 3 nitrogen and oxygen atoms in total. The summed E-state index contributed by atoms with van der Waals surface area (Å²) >= 11 is 0. The van der Waals surface area contributed by atoms with Crippen LogP contribution in [-0.2, 0) is 17.8 Å². The van der Waals surface area contributed by atoms with Crippen molar-refractivity contribution in [2.24, 2.45) is 0 Å². The number of hydrogen-bond acceptors (Lipinski definition) is 3. The molecule has 2 heterocycles. The zero-order valence-corrected chi connectivity index (χ0v) is 16.3. The van der Waals surface area contributed by atoms with Crippen LogP contribution in [0.4, 0.5) is 0 Å². The first-order chi connectivity index (χ1) is 13.3. The summed E-state index contributed by atoms with van der Waals surface area (Å²) in [5, 5.41) is 0. The van der Waals surface area contributed by atoms with Crippen molar-refractivity contribution in [3.8, 4) is 0 Å². The van der Waals surface area contributed by atoms with E-state index >= 15 is 0 Å². The summed E-state index contributed by atoms with van der Waals surface area (Å²) < 4.78 is 6.48. The topological polar surface area (TPSA) is 15.7 Å². The Balaban J connectivity index is 1.15. The molecular formula is C24H32N2O. The molecule has 0 radical (unpaired) electrons. The molecule has 0 bridgehead atoms. The first-order valence-corrected chi connectivity index (χ1v) is 10.5. The van der Waals surface area contributed by atoms with Crippen molar-refractivity contribution in [3.63, 3.8) is 0 Å². The van der Waals surface area contributed by atoms with Crippen molar-refractivity contribution >= 4 is 0 Å². The van der Waals surface area contributed by atoms with Crippen LogP contribution in [0.5, 0.6) is 0 Å². The molecule has 0 unspecified atom stereocenters. The highest BCUT2D eigenvalue weighted by Gasteiger charge is 2.25. The first kappa shape index (κ1) is 18.7. The van der Waals surface area contributed by atoms with Crippen molar-refractivity contribution in [2.75, 3.05) is 26.2 Å². The number of rotatable bonds is 6. The summed E-state index contributed by atoms with van der Waals surface area (Å²) in [4.78, 5) is 5.13. The van der Waals surface area contributed by atoms with Crippen LogP contribution in [0.2, 0.25) is 0 Å². The molecule has 0 spiro atoms. The third kappa shape index (κ3) is 5.65. The summed E-state index contributed by atoms with van der Waals surface area (Å²) in [5.41, 5.74) is 2.84. The number of hydrogen-bond donors (Lipinski definition) is 0. The molecule has 3 heteroatoms. The summed E-state index contributed by atoms with van der Waals surface area (Å²) in [6.45, 7) is 6.79. The Morgan fingerprint density at radius 3 is 1.33 bits per heavy atom. The fourth-order valence-corrected chi connectivity index (χ4v) is 4.36. The summed E-state index contributed by atoms with van der Waals surface area (Å²) in [6, 6.07) is 21.6. The van der Waals surface area contributed by atoms with Gasteiger partial charge in [0.1, 0.15) is 0 Å². The van der Waals surface area contributed by atoms with E-state index in [0.717, 1.165) is 39.3 Å². The van der Waals surface area contributed by atoms with E-state index in [9.17, 15) is 0 Å². The van der Waals surface area contributed by atoms with E-state index in [1.807, 2.05) is 0 Å². The highest BCUT2D eigenvalue weighted by Crippen LogP contribution is 2.22. The van der Waals surface area contributed by atoms with E-state index in [4.69, 9.17) is 4.74 Å². The maximum atomic E-state index is 6.48. The predicted molar refractivity (Wildman–Crippen MR) is 111 cm³/mol. The van der Waals surface area contributed by atoms with Crippen LogP contribution in [0.25, 0.3) is 0 Å². The van der Waals surface area contributed by atoms with Crippen LogP contribution < -0.4 is 0 Å². The van der Waals surface area contributed by atoms with Gasteiger partial charge in [0.2, 0.25) is 0 Å². The van der Waals surface area contributed by atoms with Crippen LogP contribution in [-0.4, -0.2) is 48.2 Å². The van der Waals surface area contributed by atoms with Gasteiger partial charge in [0.05, 0.1) is 12.2 Å². The summed E-state index contributed by atoms with van der Waals surface area (Å²) in [6.07, 6.45) is 5.63. The normalized spacial score (nSPS) is 20.7. The molecule has 0 aliphatic carbocycles. The molecule has 27 heavy (non-hydrogen) atoms.